The van der Waals surface area contributed by atoms with E-state index in [0.29, 0.717) is 5.92 Å². The van der Waals surface area contributed by atoms with Crippen LogP contribution in [-0.2, 0) is 14.4 Å². The van der Waals surface area contributed by atoms with Gasteiger partial charge in [-0.1, -0.05) is 44.6 Å². The molecule has 0 aromatic heterocycles. The Labute approximate surface area is 177 Å². The van der Waals surface area contributed by atoms with Gasteiger partial charge in [0.1, 0.15) is 6.04 Å². The summed E-state index contributed by atoms with van der Waals surface area (Å²) in [7, 11) is 0. The molecule has 1 saturated heterocycles. The quantitative estimate of drug-likeness (QED) is 0.482. The molecule has 4 rings (SSSR count). The number of carbonyl (C=O) groups is 3. The smallest absolute Gasteiger partial charge is 0.242 e. The fourth-order valence-corrected chi connectivity index (χ4v) is 6.84. The lowest BCUT2D eigenvalue weighted by Crippen LogP contribution is -2.50. The van der Waals surface area contributed by atoms with Crippen molar-refractivity contribution in [3.8, 4) is 0 Å². The second kappa shape index (κ2) is 7.13. The minimum absolute atomic E-state index is 0.0872. The Hall–Kier alpha value is -1.79. The number of ketones is 2. The van der Waals surface area contributed by atoms with Crippen LogP contribution in [0.15, 0.2) is 24.3 Å². The third-order valence-electron chi connectivity index (χ3n) is 8.32. The number of amides is 1. The van der Waals surface area contributed by atoms with Gasteiger partial charge in [0.25, 0.3) is 0 Å². The van der Waals surface area contributed by atoms with Crippen LogP contribution < -0.4 is 5.32 Å². The molecule has 164 valence electrons. The molecule has 0 unspecified atom stereocenters. The number of hydrogen-bond donors (Lipinski definition) is 3. The summed E-state index contributed by atoms with van der Waals surface area (Å²) in [4.78, 5) is 41.0. The second-order valence-electron chi connectivity index (χ2n) is 10.2. The van der Waals surface area contributed by atoms with Crippen LogP contribution in [0, 0.1) is 40.4 Å². The number of carbonyl (C=O) groups excluding carboxylic acids is 3. The zero-order valence-corrected chi connectivity index (χ0v) is 18.2. The van der Waals surface area contributed by atoms with Crippen LogP contribution in [0.2, 0.25) is 0 Å². The standard InChI is InChI=1S/C24H33NO5/c1-12-5-8-16-15(11-12)7-10-17-18(9-6-13(2)26)24(21(29)23(16,17)4)20(28)19(14(3)27)25-22(24)30/h6-7,9-10,12-19,26-27H,5,8,11H2,1-4H3,(H,25,30)/b9-6+/t12-,13-,14-,15-,16-,17+,18+,19-,23+,24+/m1/s1. The van der Waals surface area contributed by atoms with Crippen molar-refractivity contribution < 1.29 is 24.6 Å². The summed E-state index contributed by atoms with van der Waals surface area (Å²) in [5.41, 5.74) is -2.66. The SMILES string of the molecule is C[C@@H]1CC[C@@H]2[C@H](C=C[C@H]3[C@H](/C=C/[C@@H](C)O)[C@@]4(C(=O)N[C@H]([C@@H](C)O)C4=O)C(=O)[C@@]23C)C1. The van der Waals surface area contributed by atoms with E-state index in [4.69, 9.17) is 0 Å². The van der Waals surface area contributed by atoms with Crippen molar-refractivity contribution in [2.24, 2.45) is 40.4 Å². The first-order valence-corrected chi connectivity index (χ1v) is 11.2. The fourth-order valence-electron chi connectivity index (χ4n) is 6.84. The number of aliphatic hydroxyl groups is 2. The maximum atomic E-state index is 14.2. The first kappa shape index (κ1) is 21.4. The molecule has 3 aliphatic carbocycles. The minimum atomic E-state index is -1.84. The highest BCUT2D eigenvalue weighted by Gasteiger charge is 2.76. The van der Waals surface area contributed by atoms with E-state index in [2.05, 4.69) is 18.3 Å². The number of aliphatic hydroxyl groups excluding tert-OH is 2. The lowest BCUT2D eigenvalue weighted by atomic mass is 9.55. The number of rotatable bonds is 3. The van der Waals surface area contributed by atoms with Crippen molar-refractivity contribution in [1.82, 2.24) is 5.32 Å². The summed E-state index contributed by atoms with van der Waals surface area (Å²) in [6, 6.07) is -1.08. The third-order valence-corrected chi connectivity index (χ3v) is 8.32. The van der Waals surface area contributed by atoms with E-state index in [9.17, 15) is 24.6 Å². The normalized spacial score (nSPS) is 47.5. The van der Waals surface area contributed by atoms with Gasteiger partial charge in [-0.3, -0.25) is 14.4 Å². The number of Topliss-reactive ketones (excluding diaryl/α,β-unsaturated/α-hetero) is 2. The molecule has 1 aliphatic heterocycles. The summed E-state index contributed by atoms with van der Waals surface area (Å²) in [6.07, 6.45) is 8.58. The van der Waals surface area contributed by atoms with Crippen molar-refractivity contribution >= 4 is 17.5 Å². The van der Waals surface area contributed by atoms with Crippen LogP contribution in [-0.4, -0.2) is 45.9 Å². The molecule has 2 saturated carbocycles. The van der Waals surface area contributed by atoms with Crippen LogP contribution in [0.4, 0.5) is 0 Å². The van der Waals surface area contributed by atoms with Gasteiger partial charge < -0.3 is 15.5 Å². The maximum absolute atomic E-state index is 14.2. The van der Waals surface area contributed by atoms with Gasteiger partial charge in [-0.2, -0.15) is 0 Å². The summed E-state index contributed by atoms with van der Waals surface area (Å²) in [5.74, 6) is -1.46. The molecule has 0 bridgehead atoms. The van der Waals surface area contributed by atoms with Gasteiger partial charge in [0.15, 0.2) is 17.0 Å². The molecule has 30 heavy (non-hydrogen) atoms. The van der Waals surface area contributed by atoms with Gasteiger partial charge in [0, 0.05) is 11.3 Å². The average molecular weight is 416 g/mol. The van der Waals surface area contributed by atoms with E-state index >= 15 is 0 Å². The lowest BCUT2D eigenvalue weighted by molar-refractivity contribution is -0.149. The Kier molecular flexibility index (Phi) is 5.09. The first-order valence-electron chi connectivity index (χ1n) is 11.2. The summed E-state index contributed by atoms with van der Waals surface area (Å²) < 4.78 is 0. The summed E-state index contributed by atoms with van der Waals surface area (Å²) in [6.45, 7) is 7.22. The monoisotopic (exact) mass is 415 g/mol. The molecule has 10 atom stereocenters. The molecule has 1 spiro atoms. The van der Waals surface area contributed by atoms with Crippen molar-refractivity contribution in [3.63, 3.8) is 0 Å². The van der Waals surface area contributed by atoms with Gasteiger partial charge in [0.05, 0.1) is 12.2 Å². The highest BCUT2D eigenvalue weighted by atomic mass is 16.3. The van der Waals surface area contributed by atoms with Gasteiger partial charge in [-0.05, 0) is 50.4 Å². The largest absolute Gasteiger partial charge is 0.391 e. The van der Waals surface area contributed by atoms with Crippen molar-refractivity contribution in [1.29, 1.82) is 0 Å². The molecule has 6 heteroatoms. The molecule has 3 N–H and O–H groups in total. The molecule has 1 heterocycles. The van der Waals surface area contributed by atoms with Crippen molar-refractivity contribution in [2.45, 2.75) is 65.2 Å². The van der Waals surface area contributed by atoms with Gasteiger partial charge in [-0.25, -0.2) is 0 Å². The molecule has 0 aromatic carbocycles. The topological polar surface area (TPSA) is 104 Å². The van der Waals surface area contributed by atoms with Gasteiger partial charge in [0.2, 0.25) is 5.91 Å². The number of allylic oxidation sites excluding steroid dienone is 3. The van der Waals surface area contributed by atoms with E-state index in [-0.39, 0.29) is 23.5 Å². The second-order valence-corrected chi connectivity index (χ2v) is 10.2. The summed E-state index contributed by atoms with van der Waals surface area (Å²) in [5, 5.41) is 22.5. The van der Waals surface area contributed by atoms with Crippen LogP contribution in [0.5, 0.6) is 0 Å². The molecule has 0 aromatic rings. The Morgan fingerprint density at radius 1 is 1.17 bits per heavy atom. The zero-order valence-electron chi connectivity index (χ0n) is 18.2. The summed E-state index contributed by atoms with van der Waals surface area (Å²) >= 11 is 0. The predicted octanol–water partition coefficient (Wildman–Crippen LogP) is 1.80. The zero-order chi connectivity index (χ0) is 22.0. The first-order chi connectivity index (χ1) is 14.1. The van der Waals surface area contributed by atoms with E-state index < -0.39 is 46.7 Å². The molecular formula is C24H33NO5. The van der Waals surface area contributed by atoms with E-state index in [0.717, 1.165) is 19.3 Å². The van der Waals surface area contributed by atoms with E-state index in [1.54, 1.807) is 19.1 Å². The molecular weight excluding hydrogens is 382 g/mol. The Bertz CT molecular complexity index is 829. The van der Waals surface area contributed by atoms with Crippen LogP contribution in [0.25, 0.3) is 0 Å². The number of fused-ring (bicyclic) bond motifs is 3. The van der Waals surface area contributed by atoms with Crippen LogP contribution in [0.1, 0.15) is 47.0 Å². The molecule has 4 aliphatic rings. The maximum Gasteiger partial charge on any atom is 0.242 e. The van der Waals surface area contributed by atoms with Gasteiger partial charge >= 0.3 is 0 Å². The van der Waals surface area contributed by atoms with E-state index in [1.807, 2.05) is 13.0 Å². The Balaban J connectivity index is 1.88. The van der Waals surface area contributed by atoms with Crippen LogP contribution in [0.3, 0.4) is 0 Å². The molecule has 0 radical (unpaired) electrons. The molecule has 3 fully saturated rings. The molecule has 1 amide bonds. The predicted molar refractivity (Wildman–Crippen MR) is 111 cm³/mol. The third kappa shape index (κ3) is 2.65. The number of hydrogen-bond acceptors (Lipinski definition) is 5. The van der Waals surface area contributed by atoms with Gasteiger partial charge in [-0.15, -0.1) is 0 Å². The highest BCUT2D eigenvalue weighted by molar-refractivity contribution is 6.32. The lowest BCUT2D eigenvalue weighted by Gasteiger charge is -2.48. The Morgan fingerprint density at radius 3 is 2.47 bits per heavy atom. The highest BCUT2D eigenvalue weighted by Crippen LogP contribution is 2.65. The molecule has 6 nitrogen and oxygen atoms in total. The van der Waals surface area contributed by atoms with E-state index in [1.165, 1.54) is 6.92 Å². The number of nitrogens with one attached hydrogen (secondary N) is 1. The Morgan fingerprint density at radius 2 is 1.87 bits per heavy atom. The van der Waals surface area contributed by atoms with Crippen LogP contribution >= 0.6 is 0 Å². The average Bonchev–Trinajstić information content (AvgIpc) is 3.05. The minimum Gasteiger partial charge on any atom is -0.391 e. The van der Waals surface area contributed by atoms with Crippen molar-refractivity contribution in [2.75, 3.05) is 0 Å². The van der Waals surface area contributed by atoms with Crippen molar-refractivity contribution in [3.05, 3.63) is 24.3 Å². The fraction of sp³-hybridized carbons (Fsp3) is 0.708.